The van der Waals surface area contributed by atoms with Gasteiger partial charge in [-0.3, -0.25) is 9.59 Å². The molecule has 1 heterocycles. The van der Waals surface area contributed by atoms with Crippen LogP contribution >= 0.6 is 11.3 Å². The second kappa shape index (κ2) is 11.7. The maximum absolute atomic E-state index is 13.1. The van der Waals surface area contributed by atoms with Gasteiger partial charge in [-0.2, -0.15) is 0 Å². The summed E-state index contributed by atoms with van der Waals surface area (Å²) in [7, 11) is -4.15. The van der Waals surface area contributed by atoms with Crippen molar-refractivity contribution in [1.29, 1.82) is 0 Å². The van der Waals surface area contributed by atoms with Gasteiger partial charge in [-0.25, -0.2) is 18.4 Å². The smallest absolute Gasteiger partial charge is 0.339 e. The third-order valence-corrected chi connectivity index (χ3v) is 7.86. The number of nitrogens with two attached hydrogens (primary N) is 1. The Morgan fingerprint density at radius 3 is 2.45 bits per heavy atom. The van der Waals surface area contributed by atoms with E-state index in [2.05, 4.69) is 0 Å². The number of hydrogen-bond donors (Lipinski definition) is 1. The Morgan fingerprint density at radius 1 is 1.21 bits per heavy atom. The van der Waals surface area contributed by atoms with Gasteiger partial charge in [-0.1, -0.05) is 58.4 Å². The van der Waals surface area contributed by atoms with E-state index in [1.807, 2.05) is 20.8 Å². The molecule has 0 bridgehead atoms. The SMILES string of the molecule is CCCCOC(=O)c1c(CC(C)C)sc(S(N)(=O)=O)c1-c1cccc(C(CC)C(=O)C=O)c1. The molecule has 0 spiro atoms. The number of hydrogen-bond acceptors (Lipinski definition) is 7. The third kappa shape index (κ3) is 6.59. The molecule has 1 aromatic carbocycles. The van der Waals surface area contributed by atoms with Crippen molar-refractivity contribution < 1.29 is 27.5 Å². The van der Waals surface area contributed by atoms with Crippen molar-refractivity contribution in [3.63, 3.8) is 0 Å². The van der Waals surface area contributed by atoms with Crippen LogP contribution in [0, 0.1) is 5.92 Å². The van der Waals surface area contributed by atoms with Crippen LogP contribution in [0.25, 0.3) is 11.1 Å². The van der Waals surface area contributed by atoms with Gasteiger partial charge in [0.05, 0.1) is 12.2 Å². The second-order valence-electron chi connectivity index (χ2n) is 8.30. The molecule has 2 rings (SSSR count). The lowest BCUT2D eigenvalue weighted by atomic mass is 9.90. The van der Waals surface area contributed by atoms with Crippen molar-refractivity contribution in [3.05, 3.63) is 40.3 Å². The zero-order valence-electron chi connectivity index (χ0n) is 19.4. The van der Waals surface area contributed by atoms with E-state index in [0.29, 0.717) is 41.6 Å². The molecule has 7 nitrogen and oxygen atoms in total. The number of benzene rings is 1. The molecule has 180 valence electrons. The molecule has 0 amide bonds. The average Bonchev–Trinajstić information content (AvgIpc) is 3.13. The quantitative estimate of drug-likeness (QED) is 0.201. The first-order valence-corrected chi connectivity index (χ1v) is 13.4. The van der Waals surface area contributed by atoms with Crippen LogP contribution in [0.1, 0.15) is 73.7 Å². The number of sulfonamides is 1. The van der Waals surface area contributed by atoms with Gasteiger partial charge in [0.15, 0.2) is 6.29 Å². The number of carbonyl (C=O) groups is 3. The average molecular weight is 494 g/mol. The standard InChI is InChI=1S/C24H31NO6S2/c1-5-7-11-31-23(28)22-20(12-15(3)4)32-24(33(25,29)30)21(22)17-10-8-9-16(13-17)18(6-2)19(27)14-26/h8-10,13-15,18H,5-7,11-12H2,1-4H3,(H2,25,29,30). The summed E-state index contributed by atoms with van der Waals surface area (Å²) in [6.07, 6.45) is 2.70. The Labute approximate surface area is 199 Å². The van der Waals surface area contributed by atoms with Gasteiger partial charge in [-0.15, -0.1) is 11.3 Å². The fourth-order valence-corrected chi connectivity index (χ4v) is 6.14. The first-order valence-electron chi connectivity index (χ1n) is 11.0. The number of primary sulfonamides is 1. The Morgan fingerprint density at radius 2 is 1.91 bits per heavy atom. The summed E-state index contributed by atoms with van der Waals surface area (Å²) in [5, 5.41) is 5.55. The minimum absolute atomic E-state index is 0.118. The lowest BCUT2D eigenvalue weighted by Crippen LogP contribution is -2.14. The Balaban J connectivity index is 2.78. The molecule has 9 heteroatoms. The van der Waals surface area contributed by atoms with Crippen LogP contribution in [-0.4, -0.2) is 33.1 Å². The number of carbonyl (C=O) groups excluding carboxylic acids is 3. The fraction of sp³-hybridized carbons (Fsp3) is 0.458. The number of Topliss-reactive ketones (excluding diaryl/α,β-unsaturated/α-hetero) is 1. The highest BCUT2D eigenvalue weighted by Gasteiger charge is 2.31. The van der Waals surface area contributed by atoms with Crippen LogP contribution in [0.3, 0.4) is 0 Å². The summed E-state index contributed by atoms with van der Waals surface area (Å²) >= 11 is 0.978. The molecule has 0 saturated heterocycles. The van der Waals surface area contributed by atoms with Gasteiger partial charge in [0.1, 0.15) is 4.21 Å². The topological polar surface area (TPSA) is 121 Å². The molecule has 0 saturated carbocycles. The van der Waals surface area contributed by atoms with E-state index in [1.165, 1.54) is 0 Å². The maximum atomic E-state index is 13.1. The van der Waals surface area contributed by atoms with Crippen LogP contribution in [0.5, 0.6) is 0 Å². The molecule has 1 atom stereocenters. The number of rotatable bonds is 12. The number of unbranched alkanes of at least 4 members (excludes halogenated alkanes) is 1. The first kappa shape index (κ1) is 26.9. The molecule has 0 fully saturated rings. The monoisotopic (exact) mass is 493 g/mol. The van der Waals surface area contributed by atoms with Crippen LogP contribution < -0.4 is 5.14 Å². The summed E-state index contributed by atoms with van der Waals surface area (Å²) in [5.74, 6) is -1.66. The molecule has 0 radical (unpaired) electrons. The van der Waals surface area contributed by atoms with Gasteiger partial charge < -0.3 is 4.74 Å². The minimum atomic E-state index is -4.15. The van der Waals surface area contributed by atoms with Crippen molar-refractivity contribution in [2.75, 3.05) is 6.61 Å². The molecule has 1 aromatic heterocycles. The number of thiophene rings is 1. The molecule has 0 aliphatic heterocycles. The molecule has 33 heavy (non-hydrogen) atoms. The maximum Gasteiger partial charge on any atom is 0.339 e. The largest absolute Gasteiger partial charge is 0.462 e. The summed E-state index contributed by atoms with van der Waals surface area (Å²) < 4.78 is 30.4. The molecular formula is C24H31NO6S2. The van der Waals surface area contributed by atoms with Crippen LogP contribution in [0.15, 0.2) is 28.5 Å². The Hall–Kier alpha value is -2.36. The number of esters is 1. The van der Waals surface area contributed by atoms with E-state index in [1.54, 1.807) is 31.2 Å². The van der Waals surface area contributed by atoms with Crippen LogP contribution in [0.2, 0.25) is 0 Å². The molecule has 0 aliphatic rings. The predicted octanol–water partition coefficient (Wildman–Crippen LogP) is 4.48. The summed E-state index contributed by atoms with van der Waals surface area (Å²) in [4.78, 5) is 36.9. The van der Waals surface area contributed by atoms with Gasteiger partial charge in [0, 0.05) is 16.4 Å². The highest BCUT2D eigenvalue weighted by atomic mass is 32.2. The van der Waals surface area contributed by atoms with Gasteiger partial charge in [0.25, 0.3) is 0 Å². The van der Waals surface area contributed by atoms with Gasteiger partial charge >= 0.3 is 5.97 Å². The lowest BCUT2D eigenvalue weighted by molar-refractivity contribution is -0.130. The minimum Gasteiger partial charge on any atom is -0.462 e. The lowest BCUT2D eigenvalue weighted by Gasteiger charge is -2.14. The first-order chi connectivity index (χ1) is 15.5. The van der Waals surface area contributed by atoms with E-state index in [0.717, 1.165) is 17.8 Å². The predicted molar refractivity (Wildman–Crippen MR) is 129 cm³/mol. The van der Waals surface area contributed by atoms with Crippen molar-refractivity contribution >= 4 is 39.4 Å². The van der Waals surface area contributed by atoms with Crippen molar-refractivity contribution in [2.45, 2.75) is 63.5 Å². The Kier molecular flexibility index (Phi) is 9.51. The number of aldehydes is 1. The zero-order chi connectivity index (χ0) is 24.8. The van der Waals surface area contributed by atoms with E-state index in [-0.39, 0.29) is 27.9 Å². The Bertz CT molecular complexity index is 1120. The number of ether oxygens (including phenoxy) is 1. The highest BCUT2D eigenvalue weighted by molar-refractivity contribution is 7.91. The molecule has 2 aromatic rings. The van der Waals surface area contributed by atoms with E-state index >= 15 is 0 Å². The van der Waals surface area contributed by atoms with Crippen molar-refractivity contribution in [2.24, 2.45) is 11.1 Å². The highest BCUT2D eigenvalue weighted by Crippen LogP contribution is 2.41. The fourth-order valence-electron chi connectivity index (χ4n) is 3.62. The van der Waals surface area contributed by atoms with Crippen molar-refractivity contribution in [1.82, 2.24) is 0 Å². The van der Waals surface area contributed by atoms with Crippen LogP contribution in [0.4, 0.5) is 0 Å². The van der Waals surface area contributed by atoms with Gasteiger partial charge in [-0.05, 0) is 36.3 Å². The summed E-state index contributed by atoms with van der Waals surface area (Å²) in [6, 6.07) is 6.69. The molecule has 0 aliphatic carbocycles. The van der Waals surface area contributed by atoms with E-state index < -0.39 is 27.7 Å². The molecular weight excluding hydrogens is 462 g/mol. The summed E-state index contributed by atoms with van der Waals surface area (Å²) in [5.41, 5.74) is 1.38. The summed E-state index contributed by atoms with van der Waals surface area (Å²) in [6.45, 7) is 7.93. The normalized spacial score (nSPS) is 12.5. The van der Waals surface area contributed by atoms with Crippen molar-refractivity contribution in [3.8, 4) is 11.1 Å². The van der Waals surface area contributed by atoms with E-state index in [9.17, 15) is 22.8 Å². The van der Waals surface area contributed by atoms with E-state index in [4.69, 9.17) is 9.88 Å². The van der Waals surface area contributed by atoms with Crippen LogP contribution in [-0.2, 0) is 30.8 Å². The molecule has 1 unspecified atom stereocenters. The second-order valence-corrected chi connectivity index (χ2v) is 11.2. The molecule has 2 N–H and O–H groups in total. The number of ketones is 1. The third-order valence-electron chi connectivity index (χ3n) is 5.18. The zero-order valence-corrected chi connectivity index (χ0v) is 21.1. The van der Waals surface area contributed by atoms with Gasteiger partial charge in [0.2, 0.25) is 15.8 Å².